The number of halogens is 1. The van der Waals surface area contributed by atoms with E-state index in [1.165, 1.54) is 11.1 Å². The van der Waals surface area contributed by atoms with Gasteiger partial charge in [-0.3, -0.25) is 0 Å². The number of aliphatic hydroxyl groups excluding tert-OH is 1. The SMILES string of the molecule is C=CC[N@@+]1(C)CC[C@]23c4c5ccc(O)c4O[C@H]2[C@@H](O)C=C[C@H]3[C@H]1C5.[Cl-]. The first-order valence-corrected chi connectivity index (χ1v) is 8.85. The van der Waals surface area contributed by atoms with Gasteiger partial charge in [0.25, 0.3) is 0 Å². The molecular formula is C20H24ClNO3. The summed E-state index contributed by atoms with van der Waals surface area (Å²) in [6, 6.07) is 4.25. The zero-order chi connectivity index (χ0) is 16.7. The Kier molecular flexibility index (Phi) is 3.56. The summed E-state index contributed by atoms with van der Waals surface area (Å²) in [5.41, 5.74) is 2.25. The molecule has 5 rings (SSSR count). The van der Waals surface area contributed by atoms with E-state index < -0.39 is 6.10 Å². The number of phenols is 1. The van der Waals surface area contributed by atoms with Crippen molar-refractivity contribution in [2.45, 2.75) is 36.5 Å². The van der Waals surface area contributed by atoms with Crippen molar-refractivity contribution in [1.82, 2.24) is 0 Å². The van der Waals surface area contributed by atoms with Gasteiger partial charge in [0, 0.05) is 24.3 Å². The fourth-order valence-corrected chi connectivity index (χ4v) is 6.02. The van der Waals surface area contributed by atoms with E-state index in [0.29, 0.717) is 17.7 Å². The molecule has 2 N–H and O–H groups in total. The van der Waals surface area contributed by atoms with Crippen LogP contribution in [0.25, 0.3) is 0 Å². The van der Waals surface area contributed by atoms with E-state index >= 15 is 0 Å². The summed E-state index contributed by atoms with van der Waals surface area (Å²) in [7, 11) is 2.33. The molecule has 0 aromatic heterocycles. The third kappa shape index (κ3) is 1.85. The number of hydrogen-bond acceptors (Lipinski definition) is 3. The van der Waals surface area contributed by atoms with E-state index in [1.54, 1.807) is 6.07 Å². The first kappa shape index (κ1) is 17.0. The minimum atomic E-state index is -0.615. The van der Waals surface area contributed by atoms with E-state index in [0.717, 1.165) is 30.4 Å². The lowest BCUT2D eigenvalue weighted by atomic mass is 9.52. The molecule has 4 aliphatic rings. The van der Waals surface area contributed by atoms with Gasteiger partial charge in [0.2, 0.25) is 0 Å². The number of rotatable bonds is 2. The van der Waals surface area contributed by atoms with E-state index in [4.69, 9.17) is 4.74 Å². The third-order valence-electron chi connectivity index (χ3n) is 7.09. The minimum absolute atomic E-state index is 0. The quantitative estimate of drug-likeness (QED) is 0.519. The Bertz CT molecular complexity index is 778. The molecule has 0 saturated carbocycles. The number of piperidine rings is 1. The zero-order valence-corrected chi connectivity index (χ0v) is 15.1. The van der Waals surface area contributed by atoms with Crippen molar-refractivity contribution >= 4 is 0 Å². The van der Waals surface area contributed by atoms with Crippen molar-refractivity contribution in [3.05, 3.63) is 48.1 Å². The van der Waals surface area contributed by atoms with Crippen LogP contribution >= 0.6 is 0 Å². The Morgan fingerprint density at radius 2 is 2.20 bits per heavy atom. The summed E-state index contributed by atoms with van der Waals surface area (Å²) in [5, 5.41) is 20.9. The highest BCUT2D eigenvalue weighted by Gasteiger charge is 2.67. The van der Waals surface area contributed by atoms with Crippen LogP contribution in [-0.2, 0) is 11.8 Å². The number of likely N-dealkylation sites (tertiary alicyclic amines) is 1. The minimum Gasteiger partial charge on any atom is -1.00 e. The second-order valence-corrected chi connectivity index (χ2v) is 8.12. The number of aliphatic hydroxyl groups is 1. The number of nitrogens with zero attached hydrogens (tertiary/aromatic N) is 1. The first-order chi connectivity index (χ1) is 11.5. The fourth-order valence-electron chi connectivity index (χ4n) is 6.02. The van der Waals surface area contributed by atoms with Gasteiger partial charge in [0.15, 0.2) is 11.5 Å². The molecule has 2 aliphatic carbocycles. The average Bonchev–Trinajstić information content (AvgIpc) is 2.91. The summed E-state index contributed by atoms with van der Waals surface area (Å²) in [4.78, 5) is 0. The molecule has 134 valence electrons. The predicted octanol–water partition coefficient (Wildman–Crippen LogP) is -1.10. The maximum absolute atomic E-state index is 10.6. The van der Waals surface area contributed by atoms with Gasteiger partial charge in [-0.05, 0) is 17.7 Å². The van der Waals surface area contributed by atoms with E-state index in [9.17, 15) is 10.2 Å². The summed E-state index contributed by atoms with van der Waals surface area (Å²) < 4.78 is 7.16. The molecule has 6 atom stereocenters. The molecule has 0 amide bonds. The van der Waals surface area contributed by atoms with Crippen molar-refractivity contribution in [3.8, 4) is 11.5 Å². The van der Waals surface area contributed by atoms with E-state index in [2.05, 4.69) is 25.8 Å². The third-order valence-corrected chi connectivity index (χ3v) is 7.09. The number of aromatic hydroxyl groups is 1. The lowest BCUT2D eigenvalue weighted by Crippen LogP contribution is -3.00. The Labute approximate surface area is 154 Å². The summed E-state index contributed by atoms with van der Waals surface area (Å²) in [6.45, 7) is 5.97. The van der Waals surface area contributed by atoms with Crippen LogP contribution in [0.2, 0.25) is 0 Å². The first-order valence-electron chi connectivity index (χ1n) is 8.85. The van der Waals surface area contributed by atoms with Gasteiger partial charge in [-0.2, -0.15) is 0 Å². The van der Waals surface area contributed by atoms with Crippen LogP contribution in [0.15, 0.2) is 36.9 Å². The number of benzene rings is 1. The molecule has 4 nitrogen and oxygen atoms in total. The Balaban J connectivity index is 0.00000157. The molecule has 0 radical (unpaired) electrons. The van der Waals surface area contributed by atoms with Crippen LogP contribution in [0.5, 0.6) is 11.5 Å². The van der Waals surface area contributed by atoms with E-state index in [-0.39, 0.29) is 29.7 Å². The second-order valence-electron chi connectivity index (χ2n) is 8.12. The van der Waals surface area contributed by atoms with Crippen molar-refractivity contribution in [2.75, 3.05) is 20.1 Å². The zero-order valence-electron chi connectivity index (χ0n) is 14.4. The van der Waals surface area contributed by atoms with Crippen LogP contribution in [-0.4, -0.2) is 53.1 Å². The summed E-state index contributed by atoms with van der Waals surface area (Å²) in [5.74, 6) is 1.15. The molecule has 1 spiro atoms. The van der Waals surface area contributed by atoms with Crippen molar-refractivity contribution in [3.63, 3.8) is 0 Å². The molecule has 1 aromatic carbocycles. The average molecular weight is 362 g/mol. The molecule has 2 heterocycles. The molecule has 2 aliphatic heterocycles. The molecule has 1 saturated heterocycles. The van der Waals surface area contributed by atoms with Crippen LogP contribution < -0.4 is 17.1 Å². The van der Waals surface area contributed by atoms with Gasteiger partial charge in [0.05, 0.1) is 25.6 Å². The van der Waals surface area contributed by atoms with Crippen LogP contribution in [0.1, 0.15) is 17.5 Å². The molecule has 0 unspecified atom stereocenters. The standard InChI is InChI=1S/C20H23NO3.ClH/c1-3-9-21(2)10-8-20-13-5-7-16(23)19(20)24-18-15(22)6-4-12(17(18)20)11-14(13)21;/h3-7,13-14,16,19,23H,1,8-11H2,2H3;1H/t13-,14+,16-,19-,20-,21-;/m0./s1. The van der Waals surface area contributed by atoms with Gasteiger partial charge in [-0.25, -0.2) is 0 Å². The lowest BCUT2D eigenvalue weighted by Gasteiger charge is -2.59. The molecular weight excluding hydrogens is 338 g/mol. The van der Waals surface area contributed by atoms with Crippen LogP contribution in [0, 0.1) is 5.92 Å². The van der Waals surface area contributed by atoms with E-state index in [1.807, 2.05) is 12.2 Å². The molecule has 1 fully saturated rings. The topological polar surface area (TPSA) is 49.7 Å². The predicted molar refractivity (Wildman–Crippen MR) is 91.1 cm³/mol. The Morgan fingerprint density at radius 1 is 1.40 bits per heavy atom. The number of phenolic OH excluding ortho intramolecular Hbond substituents is 1. The number of ether oxygens (including phenoxy) is 1. The highest BCUT2D eigenvalue weighted by molar-refractivity contribution is 5.61. The second kappa shape index (κ2) is 5.26. The number of likely N-dealkylation sites (N-methyl/N-ethyl adjacent to an activating group) is 1. The lowest BCUT2D eigenvalue weighted by molar-refractivity contribution is -0.938. The van der Waals surface area contributed by atoms with Crippen molar-refractivity contribution in [1.29, 1.82) is 0 Å². The molecule has 2 bridgehead atoms. The van der Waals surface area contributed by atoms with Crippen LogP contribution in [0.4, 0.5) is 0 Å². The largest absolute Gasteiger partial charge is 1.00 e. The van der Waals surface area contributed by atoms with Gasteiger partial charge in [0.1, 0.15) is 18.2 Å². The highest BCUT2D eigenvalue weighted by Crippen LogP contribution is 2.63. The van der Waals surface area contributed by atoms with Crippen molar-refractivity contribution < 1.29 is 31.8 Å². The van der Waals surface area contributed by atoms with Gasteiger partial charge < -0.3 is 31.8 Å². The maximum Gasteiger partial charge on any atom is 0.165 e. The highest BCUT2D eigenvalue weighted by atomic mass is 35.5. The monoisotopic (exact) mass is 361 g/mol. The van der Waals surface area contributed by atoms with Gasteiger partial charge in [-0.1, -0.05) is 24.8 Å². The molecule has 1 aromatic rings. The number of hydrogen-bond donors (Lipinski definition) is 2. The van der Waals surface area contributed by atoms with Crippen molar-refractivity contribution in [2.24, 2.45) is 5.92 Å². The number of quaternary nitrogens is 1. The summed E-state index contributed by atoms with van der Waals surface area (Å²) >= 11 is 0. The van der Waals surface area contributed by atoms with Gasteiger partial charge in [-0.15, -0.1) is 0 Å². The molecule has 5 heteroatoms. The van der Waals surface area contributed by atoms with Crippen LogP contribution in [0.3, 0.4) is 0 Å². The molecule has 25 heavy (non-hydrogen) atoms. The summed E-state index contributed by atoms with van der Waals surface area (Å²) in [6.07, 6.45) is 7.20. The van der Waals surface area contributed by atoms with Gasteiger partial charge >= 0.3 is 0 Å². The Morgan fingerprint density at radius 3 is 2.96 bits per heavy atom. The smallest absolute Gasteiger partial charge is 0.165 e. The maximum atomic E-state index is 10.6. The Hall–Kier alpha value is -1.49. The normalized spacial score (nSPS) is 42.2. The fraction of sp³-hybridized carbons (Fsp3) is 0.500.